The average Bonchev–Trinajstić information content (AvgIpc) is 2.75. The molecule has 0 atom stereocenters. The molecule has 2 aromatic carbocycles. The summed E-state index contributed by atoms with van der Waals surface area (Å²) in [4.78, 5) is 4.42. The lowest BCUT2D eigenvalue weighted by Crippen LogP contribution is -1.91. The SMILES string of the molecule is Cc1ccc(Cl)cc1Nc1nc2ccc(F)cc2s1. The number of nitrogens with zero attached hydrogens (tertiary/aromatic N) is 1. The van der Waals surface area contributed by atoms with Gasteiger partial charge in [-0.25, -0.2) is 9.37 Å². The minimum Gasteiger partial charge on any atom is -0.331 e. The van der Waals surface area contributed by atoms with Crippen LogP contribution in [0.1, 0.15) is 5.56 Å². The fraction of sp³-hybridized carbons (Fsp3) is 0.0714. The van der Waals surface area contributed by atoms with Crippen LogP contribution in [0, 0.1) is 12.7 Å². The Morgan fingerprint density at radius 2 is 2.05 bits per heavy atom. The highest BCUT2D eigenvalue weighted by Gasteiger charge is 2.06. The topological polar surface area (TPSA) is 24.9 Å². The lowest BCUT2D eigenvalue weighted by molar-refractivity contribution is 0.630. The molecule has 0 radical (unpaired) electrons. The third-order valence-corrected chi connectivity index (χ3v) is 3.96. The Morgan fingerprint density at radius 3 is 2.89 bits per heavy atom. The minimum atomic E-state index is -0.248. The van der Waals surface area contributed by atoms with Crippen LogP contribution in [0.5, 0.6) is 0 Å². The third-order valence-electron chi connectivity index (χ3n) is 2.79. The van der Waals surface area contributed by atoms with Gasteiger partial charge in [0.1, 0.15) is 5.82 Å². The minimum absolute atomic E-state index is 0.248. The summed E-state index contributed by atoms with van der Waals surface area (Å²) in [5.74, 6) is -0.248. The van der Waals surface area contributed by atoms with Crippen LogP contribution < -0.4 is 5.32 Å². The zero-order valence-corrected chi connectivity index (χ0v) is 11.6. The highest BCUT2D eigenvalue weighted by Crippen LogP contribution is 2.30. The standard InChI is InChI=1S/C14H10ClFN2S/c1-8-2-3-9(15)6-12(8)18-14-17-11-5-4-10(16)7-13(11)19-14/h2-7H,1H3,(H,17,18). The van der Waals surface area contributed by atoms with E-state index in [0.29, 0.717) is 5.02 Å². The summed E-state index contributed by atoms with van der Waals surface area (Å²) in [6.45, 7) is 1.99. The van der Waals surface area contributed by atoms with Gasteiger partial charge in [0.15, 0.2) is 5.13 Å². The van der Waals surface area contributed by atoms with Crippen molar-refractivity contribution in [2.75, 3.05) is 5.32 Å². The van der Waals surface area contributed by atoms with Gasteiger partial charge in [-0.1, -0.05) is 29.0 Å². The fourth-order valence-electron chi connectivity index (χ4n) is 1.80. The molecule has 0 fully saturated rings. The van der Waals surface area contributed by atoms with E-state index < -0.39 is 0 Å². The molecular formula is C14H10ClFN2S. The first-order chi connectivity index (χ1) is 9.11. The van der Waals surface area contributed by atoms with Crippen molar-refractivity contribution >= 4 is 44.0 Å². The number of thiazole rings is 1. The molecule has 0 unspecified atom stereocenters. The van der Waals surface area contributed by atoms with Crippen molar-refractivity contribution < 1.29 is 4.39 Å². The smallest absolute Gasteiger partial charge is 0.188 e. The van der Waals surface area contributed by atoms with E-state index in [1.807, 2.05) is 25.1 Å². The van der Waals surface area contributed by atoms with Gasteiger partial charge >= 0.3 is 0 Å². The molecule has 96 valence electrons. The van der Waals surface area contributed by atoms with E-state index in [4.69, 9.17) is 11.6 Å². The predicted molar refractivity (Wildman–Crippen MR) is 79.0 cm³/mol. The summed E-state index contributed by atoms with van der Waals surface area (Å²) in [6.07, 6.45) is 0. The Balaban J connectivity index is 1.98. The van der Waals surface area contributed by atoms with Crippen molar-refractivity contribution in [3.8, 4) is 0 Å². The van der Waals surface area contributed by atoms with Crippen LogP contribution in [0.3, 0.4) is 0 Å². The monoisotopic (exact) mass is 292 g/mol. The van der Waals surface area contributed by atoms with E-state index in [2.05, 4.69) is 10.3 Å². The zero-order chi connectivity index (χ0) is 13.4. The maximum Gasteiger partial charge on any atom is 0.188 e. The Hall–Kier alpha value is -1.65. The van der Waals surface area contributed by atoms with Crippen LogP contribution >= 0.6 is 22.9 Å². The molecule has 0 amide bonds. The Bertz CT molecular complexity index is 754. The number of fused-ring (bicyclic) bond motifs is 1. The molecule has 1 heterocycles. The van der Waals surface area contributed by atoms with E-state index in [9.17, 15) is 4.39 Å². The first kappa shape index (κ1) is 12.4. The summed E-state index contributed by atoms with van der Waals surface area (Å²) < 4.78 is 14.0. The normalized spacial score (nSPS) is 10.9. The number of aromatic nitrogens is 1. The van der Waals surface area contributed by atoms with Gasteiger partial charge in [0.05, 0.1) is 10.2 Å². The van der Waals surface area contributed by atoms with E-state index in [1.165, 1.54) is 23.5 Å². The fourth-order valence-corrected chi connectivity index (χ4v) is 2.87. The van der Waals surface area contributed by atoms with Crippen molar-refractivity contribution in [1.29, 1.82) is 0 Å². The largest absolute Gasteiger partial charge is 0.331 e. The number of hydrogen-bond acceptors (Lipinski definition) is 3. The quantitative estimate of drug-likeness (QED) is 0.707. The van der Waals surface area contributed by atoms with Crippen LogP contribution in [0.25, 0.3) is 10.2 Å². The first-order valence-corrected chi connectivity index (χ1v) is 6.90. The molecule has 3 aromatic rings. The second kappa shape index (κ2) is 4.79. The lowest BCUT2D eigenvalue weighted by Gasteiger charge is -2.06. The Kier molecular flexibility index (Phi) is 3.12. The second-order valence-electron chi connectivity index (χ2n) is 4.22. The van der Waals surface area contributed by atoms with Crippen LogP contribution in [-0.2, 0) is 0 Å². The van der Waals surface area contributed by atoms with Crippen LogP contribution in [-0.4, -0.2) is 4.98 Å². The van der Waals surface area contributed by atoms with Crippen molar-refractivity contribution in [3.05, 3.63) is 52.8 Å². The van der Waals surface area contributed by atoms with Gasteiger partial charge in [-0.05, 0) is 42.8 Å². The van der Waals surface area contributed by atoms with Gasteiger partial charge in [0.25, 0.3) is 0 Å². The molecular weight excluding hydrogens is 283 g/mol. The van der Waals surface area contributed by atoms with Crippen molar-refractivity contribution in [1.82, 2.24) is 4.98 Å². The molecule has 0 aliphatic rings. The lowest BCUT2D eigenvalue weighted by atomic mass is 10.2. The summed E-state index contributed by atoms with van der Waals surface area (Å²) in [6, 6.07) is 10.2. The molecule has 1 N–H and O–H groups in total. The highest BCUT2D eigenvalue weighted by atomic mass is 35.5. The van der Waals surface area contributed by atoms with E-state index in [0.717, 1.165) is 26.6 Å². The van der Waals surface area contributed by atoms with E-state index in [-0.39, 0.29) is 5.82 Å². The maximum atomic E-state index is 13.1. The molecule has 2 nitrogen and oxygen atoms in total. The Labute approximate surface area is 118 Å². The maximum absolute atomic E-state index is 13.1. The molecule has 0 bridgehead atoms. The molecule has 0 saturated carbocycles. The van der Waals surface area contributed by atoms with Crippen molar-refractivity contribution in [3.63, 3.8) is 0 Å². The number of nitrogens with one attached hydrogen (secondary N) is 1. The molecule has 1 aromatic heterocycles. The number of aryl methyl sites for hydroxylation is 1. The van der Waals surface area contributed by atoms with Crippen LogP contribution in [0.15, 0.2) is 36.4 Å². The molecule has 3 rings (SSSR count). The van der Waals surface area contributed by atoms with Crippen molar-refractivity contribution in [2.24, 2.45) is 0 Å². The van der Waals surface area contributed by atoms with Gasteiger partial charge in [-0.2, -0.15) is 0 Å². The molecule has 19 heavy (non-hydrogen) atoms. The Morgan fingerprint density at radius 1 is 1.21 bits per heavy atom. The van der Waals surface area contributed by atoms with Gasteiger partial charge < -0.3 is 5.32 Å². The molecule has 0 saturated heterocycles. The van der Waals surface area contributed by atoms with Crippen LogP contribution in [0.4, 0.5) is 15.2 Å². The van der Waals surface area contributed by atoms with Gasteiger partial charge in [0, 0.05) is 10.7 Å². The average molecular weight is 293 g/mol. The van der Waals surface area contributed by atoms with E-state index in [1.54, 1.807) is 6.07 Å². The molecule has 5 heteroatoms. The van der Waals surface area contributed by atoms with Crippen molar-refractivity contribution in [2.45, 2.75) is 6.92 Å². The van der Waals surface area contributed by atoms with Gasteiger partial charge in [0.2, 0.25) is 0 Å². The molecule has 0 aliphatic heterocycles. The molecule has 0 aliphatic carbocycles. The first-order valence-electron chi connectivity index (χ1n) is 5.71. The van der Waals surface area contributed by atoms with Gasteiger partial charge in [-0.3, -0.25) is 0 Å². The summed E-state index contributed by atoms with van der Waals surface area (Å²) in [5.41, 5.74) is 2.77. The number of halogens is 2. The third kappa shape index (κ3) is 2.55. The summed E-state index contributed by atoms with van der Waals surface area (Å²) in [7, 11) is 0. The van der Waals surface area contributed by atoms with Crippen LogP contribution in [0.2, 0.25) is 5.02 Å². The summed E-state index contributed by atoms with van der Waals surface area (Å²) in [5, 5.41) is 4.62. The zero-order valence-electron chi connectivity index (χ0n) is 10.1. The molecule has 0 spiro atoms. The predicted octanol–water partition coefficient (Wildman–Crippen LogP) is 5.14. The number of hydrogen-bond donors (Lipinski definition) is 1. The van der Waals surface area contributed by atoms with Gasteiger partial charge in [-0.15, -0.1) is 0 Å². The number of anilines is 2. The number of rotatable bonds is 2. The second-order valence-corrected chi connectivity index (χ2v) is 5.68. The summed E-state index contributed by atoms with van der Waals surface area (Å²) >= 11 is 7.39. The highest BCUT2D eigenvalue weighted by molar-refractivity contribution is 7.22. The van der Waals surface area contributed by atoms with E-state index >= 15 is 0 Å². The number of benzene rings is 2.